The average molecular weight is 218 g/mol. The molecule has 2 atom stereocenters. The first-order valence-corrected chi connectivity index (χ1v) is 5.90. The monoisotopic (exact) mass is 218 g/mol. The van der Waals surface area contributed by atoms with Crippen molar-refractivity contribution in [3.8, 4) is 0 Å². The Labute approximate surface area is 96.6 Å². The zero-order valence-corrected chi connectivity index (χ0v) is 9.85. The van der Waals surface area contributed by atoms with E-state index >= 15 is 0 Å². The Morgan fingerprint density at radius 1 is 1.38 bits per heavy atom. The molecule has 86 valence electrons. The Bertz CT molecular complexity index is 356. The summed E-state index contributed by atoms with van der Waals surface area (Å²) in [7, 11) is 0. The van der Waals surface area contributed by atoms with Crippen molar-refractivity contribution in [2.24, 2.45) is 11.8 Å². The largest absolute Gasteiger partial charge is 0.465 e. The van der Waals surface area contributed by atoms with Gasteiger partial charge in [-0.05, 0) is 23.8 Å². The van der Waals surface area contributed by atoms with Gasteiger partial charge >= 0.3 is 5.97 Å². The van der Waals surface area contributed by atoms with Crippen LogP contribution in [0.5, 0.6) is 0 Å². The third kappa shape index (κ3) is 2.63. The lowest BCUT2D eigenvalue weighted by Gasteiger charge is -2.06. The van der Waals surface area contributed by atoms with Crippen molar-refractivity contribution in [3.63, 3.8) is 0 Å². The van der Waals surface area contributed by atoms with E-state index in [0.29, 0.717) is 18.4 Å². The summed E-state index contributed by atoms with van der Waals surface area (Å²) in [6, 6.07) is 10.2. The van der Waals surface area contributed by atoms with Crippen molar-refractivity contribution >= 4 is 5.97 Å². The van der Waals surface area contributed by atoms with E-state index in [0.717, 1.165) is 6.42 Å². The highest BCUT2D eigenvalue weighted by Gasteiger charge is 2.45. The maximum absolute atomic E-state index is 11.7. The van der Waals surface area contributed by atoms with Crippen LogP contribution in [-0.4, -0.2) is 12.6 Å². The Kier molecular flexibility index (Phi) is 3.28. The molecular weight excluding hydrogens is 200 g/mol. The van der Waals surface area contributed by atoms with Crippen LogP contribution < -0.4 is 0 Å². The molecule has 2 heteroatoms. The minimum atomic E-state index is -0.0254. The molecule has 0 unspecified atom stereocenters. The zero-order valence-electron chi connectivity index (χ0n) is 9.85. The first-order chi connectivity index (χ1) is 7.68. The molecule has 1 aliphatic carbocycles. The summed E-state index contributed by atoms with van der Waals surface area (Å²) >= 11 is 0. The van der Waals surface area contributed by atoms with Gasteiger partial charge in [0.1, 0.15) is 0 Å². The molecule has 1 aliphatic rings. The topological polar surface area (TPSA) is 26.3 Å². The fourth-order valence-corrected chi connectivity index (χ4v) is 1.88. The van der Waals surface area contributed by atoms with E-state index in [1.165, 1.54) is 5.56 Å². The van der Waals surface area contributed by atoms with Gasteiger partial charge in [-0.3, -0.25) is 4.79 Å². The second-order valence-corrected chi connectivity index (χ2v) is 4.88. The molecule has 0 aromatic heterocycles. The van der Waals surface area contributed by atoms with Crippen molar-refractivity contribution in [2.75, 3.05) is 6.61 Å². The predicted molar refractivity (Wildman–Crippen MR) is 63.1 cm³/mol. The third-order valence-corrected chi connectivity index (χ3v) is 2.88. The lowest BCUT2D eigenvalue weighted by atomic mass is 10.1. The van der Waals surface area contributed by atoms with E-state index in [-0.39, 0.29) is 11.9 Å². The van der Waals surface area contributed by atoms with E-state index in [1.807, 2.05) is 18.2 Å². The van der Waals surface area contributed by atoms with Gasteiger partial charge in [0, 0.05) is 0 Å². The first kappa shape index (κ1) is 11.2. The van der Waals surface area contributed by atoms with Crippen LogP contribution in [0.15, 0.2) is 30.3 Å². The molecule has 0 spiro atoms. The van der Waals surface area contributed by atoms with E-state index in [4.69, 9.17) is 4.74 Å². The van der Waals surface area contributed by atoms with Crippen molar-refractivity contribution in [1.29, 1.82) is 0 Å². The number of ether oxygens (including phenoxy) is 1. The minimum absolute atomic E-state index is 0.0254. The van der Waals surface area contributed by atoms with Crippen LogP contribution in [-0.2, 0) is 9.53 Å². The molecule has 0 saturated heterocycles. The van der Waals surface area contributed by atoms with E-state index < -0.39 is 0 Å². The highest BCUT2D eigenvalue weighted by Crippen LogP contribution is 2.48. The fourth-order valence-electron chi connectivity index (χ4n) is 1.88. The molecular formula is C14H18O2. The Hall–Kier alpha value is -1.31. The van der Waals surface area contributed by atoms with E-state index in [1.54, 1.807) is 0 Å². The van der Waals surface area contributed by atoms with Gasteiger partial charge in [-0.25, -0.2) is 0 Å². The van der Waals surface area contributed by atoms with Crippen LogP contribution in [0.25, 0.3) is 0 Å². The van der Waals surface area contributed by atoms with Crippen LogP contribution in [0.2, 0.25) is 0 Å². The molecule has 1 aromatic rings. The Morgan fingerprint density at radius 3 is 2.69 bits per heavy atom. The van der Waals surface area contributed by atoms with Crippen molar-refractivity contribution in [2.45, 2.75) is 26.2 Å². The number of carbonyl (C=O) groups is 1. The average Bonchev–Trinajstić information content (AvgIpc) is 3.07. The number of hydrogen-bond donors (Lipinski definition) is 0. The second kappa shape index (κ2) is 4.69. The van der Waals surface area contributed by atoms with E-state index in [2.05, 4.69) is 26.0 Å². The predicted octanol–water partition coefficient (Wildman–Crippen LogP) is 2.99. The third-order valence-electron chi connectivity index (χ3n) is 2.88. The standard InChI is InChI=1S/C14H18O2/c1-10(2)9-16-14(15)13-8-12(13)11-6-4-3-5-7-11/h3-7,10,12-13H,8-9H2,1-2H3/t12-,13-/m1/s1. The summed E-state index contributed by atoms with van der Waals surface area (Å²) in [6.07, 6.45) is 0.945. The molecule has 1 fully saturated rings. The highest BCUT2D eigenvalue weighted by atomic mass is 16.5. The lowest BCUT2D eigenvalue weighted by Crippen LogP contribution is -2.12. The van der Waals surface area contributed by atoms with Gasteiger partial charge in [0.05, 0.1) is 12.5 Å². The highest BCUT2D eigenvalue weighted by molar-refractivity contribution is 5.77. The summed E-state index contributed by atoms with van der Waals surface area (Å²) in [6.45, 7) is 4.64. The fraction of sp³-hybridized carbons (Fsp3) is 0.500. The first-order valence-electron chi connectivity index (χ1n) is 5.90. The number of rotatable bonds is 4. The van der Waals surface area contributed by atoms with Gasteiger partial charge in [0.2, 0.25) is 0 Å². The Balaban J connectivity index is 1.85. The Morgan fingerprint density at radius 2 is 2.06 bits per heavy atom. The van der Waals surface area contributed by atoms with Gasteiger partial charge in [-0.15, -0.1) is 0 Å². The number of carbonyl (C=O) groups excluding carboxylic acids is 1. The van der Waals surface area contributed by atoms with E-state index in [9.17, 15) is 4.79 Å². The van der Waals surface area contributed by atoms with Gasteiger partial charge in [-0.2, -0.15) is 0 Å². The quantitative estimate of drug-likeness (QED) is 0.726. The SMILES string of the molecule is CC(C)COC(=O)[C@@H]1C[C@@H]1c1ccccc1. The van der Waals surface area contributed by atoms with Crippen molar-refractivity contribution in [1.82, 2.24) is 0 Å². The van der Waals surface area contributed by atoms with Crippen LogP contribution in [0.1, 0.15) is 31.7 Å². The van der Waals surface area contributed by atoms with Gasteiger partial charge < -0.3 is 4.74 Å². The maximum atomic E-state index is 11.7. The second-order valence-electron chi connectivity index (χ2n) is 4.88. The summed E-state index contributed by atoms with van der Waals surface area (Å²) in [5, 5.41) is 0. The number of benzene rings is 1. The molecule has 0 N–H and O–H groups in total. The van der Waals surface area contributed by atoms with Gasteiger partial charge in [0.15, 0.2) is 0 Å². The molecule has 0 heterocycles. The van der Waals surface area contributed by atoms with Crippen LogP contribution in [0.3, 0.4) is 0 Å². The molecule has 1 aromatic carbocycles. The smallest absolute Gasteiger partial charge is 0.309 e. The molecule has 16 heavy (non-hydrogen) atoms. The van der Waals surface area contributed by atoms with Gasteiger partial charge in [0.25, 0.3) is 0 Å². The number of hydrogen-bond acceptors (Lipinski definition) is 2. The maximum Gasteiger partial charge on any atom is 0.309 e. The van der Waals surface area contributed by atoms with Crippen LogP contribution in [0.4, 0.5) is 0 Å². The molecule has 0 amide bonds. The zero-order chi connectivity index (χ0) is 11.5. The normalized spacial score (nSPS) is 23.2. The molecule has 2 nitrogen and oxygen atoms in total. The molecule has 0 aliphatic heterocycles. The molecule has 0 radical (unpaired) electrons. The van der Waals surface area contributed by atoms with Crippen LogP contribution >= 0.6 is 0 Å². The summed E-state index contributed by atoms with van der Waals surface area (Å²) in [4.78, 5) is 11.7. The molecule has 0 bridgehead atoms. The molecule has 2 rings (SSSR count). The molecule has 1 saturated carbocycles. The summed E-state index contributed by atoms with van der Waals surface area (Å²) < 4.78 is 5.24. The lowest BCUT2D eigenvalue weighted by molar-refractivity contribution is -0.146. The summed E-state index contributed by atoms with van der Waals surface area (Å²) in [5.41, 5.74) is 1.26. The van der Waals surface area contributed by atoms with Crippen LogP contribution in [0, 0.1) is 11.8 Å². The number of esters is 1. The van der Waals surface area contributed by atoms with Gasteiger partial charge in [-0.1, -0.05) is 44.2 Å². The van der Waals surface area contributed by atoms with Crippen molar-refractivity contribution in [3.05, 3.63) is 35.9 Å². The van der Waals surface area contributed by atoms with Crippen molar-refractivity contribution < 1.29 is 9.53 Å². The summed E-state index contributed by atoms with van der Waals surface area (Å²) in [5.74, 6) is 0.877. The minimum Gasteiger partial charge on any atom is -0.465 e.